The van der Waals surface area contributed by atoms with Gasteiger partial charge < -0.3 is 39.3 Å². The topological polar surface area (TPSA) is 190 Å². The SMILES string of the molecule is O.O=P(O)(O)O.O[Si](O)(O)O.[Zn]. The molecule has 0 saturated carbocycles. The van der Waals surface area contributed by atoms with Crippen LogP contribution in [0.1, 0.15) is 0 Å². The molecule has 0 saturated heterocycles. The maximum Gasteiger partial charge on any atom is 0.668 e. The Labute approximate surface area is 80.7 Å². The largest absolute Gasteiger partial charge is 0.668 e. The second kappa shape index (κ2) is 8.35. The van der Waals surface area contributed by atoms with Crippen molar-refractivity contribution in [2.24, 2.45) is 0 Å². The van der Waals surface area contributed by atoms with Gasteiger partial charge >= 0.3 is 16.9 Å². The van der Waals surface area contributed by atoms with Crippen LogP contribution < -0.4 is 0 Å². The normalized spacial score (nSPS) is 9.92. The van der Waals surface area contributed by atoms with Gasteiger partial charge in [-0.1, -0.05) is 0 Å². The number of hydrogen-bond donors (Lipinski definition) is 7. The molecule has 0 bridgehead atoms. The first-order valence-corrected chi connectivity index (χ1v) is 5.03. The Morgan fingerprint density at radius 2 is 0.917 bits per heavy atom. The number of rotatable bonds is 0. The molecular weight excluding hydrogens is 268 g/mol. The van der Waals surface area contributed by atoms with E-state index < -0.39 is 16.9 Å². The van der Waals surface area contributed by atoms with Crippen LogP contribution in [0.25, 0.3) is 0 Å². The first kappa shape index (κ1) is 23.0. The van der Waals surface area contributed by atoms with E-state index in [1.54, 1.807) is 0 Å². The van der Waals surface area contributed by atoms with Crippen LogP contribution in [-0.2, 0) is 24.0 Å². The molecule has 0 spiro atoms. The van der Waals surface area contributed by atoms with Crippen molar-refractivity contribution in [3.63, 3.8) is 0 Å². The van der Waals surface area contributed by atoms with Crippen LogP contribution in [0, 0.1) is 0 Å². The van der Waals surface area contributed by atoms with Crippen molar-refractivity contribution >= 4 is 16.9 Å². The minimum atomic E-state index is -4.64. The van der Waals surface area contributed by atoms with E-state index in [1.807, 2.05) is 0 Å². The maximum absolute atomic E-state index is 8.88. The van der Waals surface area contributed by atoms with Crippen LogP contribution in [0.15, 0.2) is 0 Å². The molecule has 9 nitrogen and oxygen atoms in total. The molecule has 12 heavy (non-hydrogen) atoms. The predicted octanol–water partition coefficient (Wildman–Crippen LogP) is -4.36. The van der Waals surface area contributed by atoms with Gasteiger partial charge in [0.2, 0.25) is 0 Å². The Morgan fingerprint density at radius 1 is 0.917 bits per heavy atom. The molecule has 0 atom stereocenters. The summed E-state index contributed by atoms with van der Waals surface area (Å²) in [6.45, 7) is 0. The van der Waals surface area contributed by atoms with Gasteiger partial charge in [-0.3, -0.25) is 0 Å². The van der Waals surface area contributed by atoms with E-state index in [0.29, 0.717) is 0 Å². The van der Waals surface area contributed by atoms with Gasteiger partial charge in [0.05, 0.1) is 0 Å². The van der Waals surface area contributed by atoms with Crippen LogP contribution in [-0.4, -0.2) is 48.4 Å². The van der Waals surface area contributed by atoms with E-state index in [0.717, 1.165) is 0 Å². The van der Waals surface area contributed by atoms with Gasteiger partial charge in [0.25, 0.3) is 0 Å². The van der Waals surface area contributed by atoms with E-state index in [4.69, 9.17) is 38.4 Å². The van der Waals surface area contributed by atoms with Crippen molar-refractivity contribution in [2.45, 2.75) is 0 Å². The minimum Gasteiger partial charge on any atom is -0.412 e. The van der Waals surface area contributed by atoms with Gasteiger partial charge in [0.1, 0.15) is 0 Å². The summed E-state index contributed by atoms with van der Waals surface area (Å²) in [5.41, 5.74) is 0. The monoisotopic (exact) mass is 276 g/mol. The van der Waals surface area contributed by atoms with E-state index in [9.17, 15) is 0 Å². The fraction of sp³-hybridized carbons (Fsp3) is 0. The summed E-state index contributed by atoms with van der Waals surface area (Å²) < 4.78 is 8.88. The molecule has 0 aliphatic heterocycles. The smallest absolute Gasteiger partial charge is 0.412 e. The molecule has 9 N–H and O–H groups in total. The summed E-state index contributed by atoms with van der Waals surface area (Å²) in [5.74, 6) is 0. The maximum atomic E-state index is 8.88. The van der Waals surface area contributed by atoms with Gasteiger partial charge in [-0.15, -0.1) is 0 Å². The fourth-order valence-corrected chi connectivity index (χ4v) is 0. The molecule has 0 radical (unpaired) electrons. The summed E-state index contributed by atoms with van der Waals surface area (Å²) in [4.78, 5) is 50.9. The molecule has 0 aliphatic carbocycles. The molecule has 0 fully saturated rings. The molecule has 0 rings (SSSR count). The van der Waals surface area contributed by atoms with Gasteiger partial charge in [0.15, 0.2) is 0 Å². The molecule has 0 amide bonds. The van der Waals surface area contributed by atoms with Crippen molar-refractivity contribution in [1.82, 2.24) is 0 Å². The summed E-state index contributed by atoms with van der Waals surface area (Å²) in [7, 11) is -9.25. The second-order valence-corrected chi connectivity index (χ2v) is 3.34. The van der Waals surface area contributed by atoms with E-state index in [1.165, 1.54) is 0 Å². The third-order valence-corrected chi connectivity index (χ3v) is 0. The zero-order valence-corrected chi connectivity index (χ0v) is 10.6. The molecule has 0 aromatic heterocycles. The fourth-order valence-electron chi connectivity index (χ4n) is 0. The van der Waals surface area contributed by atoms with E-state index >= 15 is 0 Å². The Kier molecular flexibility index (Phi) is 16.0. The van der Waals surface area contributed by atoms with Gasteiger partial charge in [-0.05, 0) is 0 Å². The van der Waals surface area contributed by atoms with Crippen LogP contribution >= 0.6 is 7.82 Å². The summed E-state index contributed by atoms with van der Waals surface area (Å²) >= 11 is 0. The molecule has 0 aromatic carbocycles. The van der Waals surface area contributed by atoms with E-state index in [2.05, 4.69) is 0 Å². The van der Waals surface area contributed by atoms with Crippen LogP contribution in [0.2, 0.25) is 0 Å². The summed E-state index contributed by atoms with van der Waals surface area (Å²) in [5, 5.41) is 0. The van der Waals surface area contributed by atoms with Crippen molar-refractivity contribution in [3.05, 3.63) is 0 Å². The van der Waals surface area contributed by atoms with Crippen LogP contribution in [0.4, 0.5) is 0 Å². The first-order chi connectivity index (χ1) is 4.00. The first-order valence-electron chi connectivity index (χ1n) is 1.68. The Bertz CT molecular complexity index is 107. The molecule has 0 aliphatic rings. The Hall–Kier alpha value is 0.750. The average Bonchev–Trinajstić information content (AvgIpc) is 1.12. The van der Waals surface area contributed by atoms with Crippen LogP contribution in [0.3, 0.4) is 0 Å². The van der Waals surface area contributed by atoms with Crippen molar-refractivity contribution in [1.29, 1.82) is 0 Å². The Balaban J connectivity index is -0.0000000457. The molecule has 0 unspecified atom stereocenters. The van der Waals surface area contributed by atoms with Crippen LogP contribution in [0.5, 0.6) is 0 Å². The zero-order valence-electron chi connectivity index (χ0n) is 5.69. The second-order valence-electron chi connectivity index (χ2n) is 1.11. The molecule has 12 heteroatoms. The Morgan fingerprint density at radius 3 is 0.917 bits per heavy atom. The quantitative estimate of drug-likeness (QED) is 0.170. The standard InChI is InChI=1S/H3O4P.H4O4Si.H2O.Zn/c2*1-5(2,3)4;;/h(H3,1,2,3,4);1-4H;1H2;. The third-order valence-electron chi connectivity index (χ3n) is 0. The molecule has 0 aromatic rings. The predicted molar refractivity (Wildman–Crippen MR) is 32.5 cm³/mol. The molecule has 74 valence electrons. The van der Waals surface area contributed by atoms with Crippen molar-refractivity contribution in [3.8, 4) is 0 Å². The minimum absolute atomic E-state index is 0. The molecular formula is H9O9PSiZn. The average molecular weight is 278 g/mol. The number of hydrogen-bond acceptors (Lipinski definition) is 5. The van der Waals surface area contributed by atoms with Gasteiger partial charge in [-0.25, -0.2) is 4.57 Å². The van der Waals surface area contributed by atoms with Crippen molar-refractivity contribution in [2.75, 3.05) is 0 Å². The number of phosphoric acid groups is 1. The summed E-state index contributed by atoms with van der Waals surface area (Å²) in [6.07, 6.45) is 0. The molecule has 0 heterocycles. The van der Waals surface area contributed by atoms with Crippen molar-refractivity contribution < 1.29 is 63.4 Å². The van der Waals surface area contributed by atoms with E-state index in [-0.39, 0.29) is 25.0 Å². The zero-order chi connectivity index (χ0) is 9.00. The summed E-state index contributed by atoms with van der Waals surface area (Å²) in [6, 6.07) is 0. The van der Waals surface area contributed by atoms with Gasteiger partial charge in [0, 0.05) is 19.5 Å². The van der Waals surface area contributed by atoms with Gasteiger partial charge in [-0.2, -0.15) is 0 Å². The third kappa shape index (κ3) is 1820.